The van der Waals surface area contributed by atoms with Crippen molar-refractivity contribution in [1.29, 1.82) is 0 Å². The summed E-state index contributed by atoms with van der Waals surface area (Å²) >= 11 is 1.61. The number of rotatable bonds is 4. The molecule has 0 unspecified atom stereocenters. The van der Waals surface area contributed by atoms with E-state index in [2.05, 4.69) is 9.97 Å². The predicted octanol–water partition coefficient (Wildman–Crippen LogP) is 3.85. The Hall–Kier alpha value is -2.40. The van der Waals surface area contributed by atoms with Gasteiger partial charge in [0.05, 0.1) is 18.0 Å². The zero-order valence-electron chi connectivity index (χ0n) is 11.6. The van der Waals surface area contributed by atoms with Crippen molar-refractivity contribution in [3.63, 3.8) is 0 Å². The summed E-state index contributed by atoms with van der Waals surface area (Å²) in [5.74, 6) is 0.714. The first kappa shape index (κ1) is 13.6. The van der Waals surface area contributed by atoms with Crippen molar-refractivity contribution >= 4 is 17.0 Å². The third kappa shape index (κ3) is 2.87. The number of nitrogens with zero attached hydrogens (tertiary/aromatic N) is 2. The maximum atomic E-state index is 6.01. The quantitative estimate of drug-likeness (QED) is 0.743. The molecule has 0 aliphatic heterocycles. The number of nitrogens with two attached hydrogens (primary N) is 1. The van der Waals surface area contributed by atoms with Crippen LogP contribution in [0.15, 0.2) is 48.1 Å². The van der Waals surface area contributed by atoms with Gasteiger partial charge in [0.1, 0.15) is 10.8 Å². The molecule has 21 heavy (non-hydrogen) atoms. The summed E-state index contributed by atoms with van der Waals surface area (Å²) in [6.07, 6.45) is 3.54. The molecule has 2 N–H and O–H groups in total. The van der Waals surface area contributed by atoms with E-state index in [4.69, 9.17) is 10.5 Å². The molecule has 0 aliphatic carbocycles. The van der Waals surface area contributed by atoms with E-state index in [9.17, 15) is 0 Å². The third-order valence-corrected chi connectivity index (χ3v) is 3.93. The number of ether oxygens (including phenoxy) is 1. The molecule has 3 aromatic rings. The second kappa shape index (κ2) is 5.93. The van der Waals surface area contributed by atoms with Gasteiger partial charge < -0.3 is 10.5 Å². The molecule has 0 spiro atoms. The van der Waals surface area contributed by atoms with E-state index in [1.165, 1.54) is 0 Å². The number of aromatic nitrogens is 2. The van der Waals surface area contributed by atoms with Crippen molar-refractivity contribution in [2.24, 2.45) is 0 Å². The molecule has 2 aromatic heterocycles. The van der Waals surface area contributed by atoms with Crippen LogP contribution < -0.4 is 10.5 Å². The summed E-state index contributed by atoms with van der Waals surface area (Å²) < 4.78 is 5.45. The van der Waals surface area contributed by atoms with Crippen molar-refractivity contribution in [1.82, 2.24) is 9.97 Å². The third-order valence-electron chi connectivity index (χ3n) is 3.04. The molecule has 2 heterocycles. The fourth-order valence-electron chi connectivity index (χ4n) is 2.03. The maximum absolute atomic E-state index is 6.01. The molecular weight excluding hydrogens is 282 g/mol. The lowest BCUT2D eigenvalue weighted by atomic mass is 10.1. The zero-order chi connectivity index (χ0) is 14.7. The SMILES string of the molecule is CCOc1ccc(-c2csc(-c3ccncc3)n2)cc1N. The summed E-state index contributed by atoms with van der Waals surface area (Å²) in [6, 6.07) is 9.67. The minimum Gasteiger partial charge on any atom is -0.492 e. The fraction of sp³-hybridized carbons (Fsp3) is 0.125. The molecule has 0 aliphatic rings. The van der Waals surface area contributed by atoms with Gasteiger partial charge in [-0.05, 0) is 37.3 Å². The van der Waals surface area contributed by atoms with E-state index < -0.39 is 0 Å². The van der Waals surface area contributed by atoms with Gasteiger partial charge in [0.15, 0.2) is 0 Å². The molecule has 106 valence electrons. The van der Waals surface area contributed by atoms with Crippen molar-refractivity contribution < 1.29 is 4.74 Å². The van der Waals surface area contributed by atoms with Crippen LogP contribution >= 0.6 is 11.3 Å². The Morgan fingerprint density at radius 2 is 1.95 bits per heavy atom. The van der Waals surface area contributed by atoms with Crippen LogP contribution in [0.3, 0.4) is 0 Å². The Morgan fingerprint density at radius 3 is 2.67 bits per heavy atom. The molecule has 0 radical (unpaired) electrons. The monoisotopic (exact) mass is 297 g/mol. The lowest BCUT2D eigenvalue weighted by molar-refractivity contribution is 0.342. The van der Waals surface area contributed by atoms with Crippen molar-refractivity contribution in [3.05, 3.63) is 48.1 Å². The van der Waals surface area contributed by atoms with Gasteiger partial charge in [-0.1, -0.05) is 0 Å². The standard InChI is InChI=1S/C16H15N3OS/c1-2-20-15-4-3-12(9-13(15)17)14-10-21-16(19-14)11-5-7-18-8-6-11/h3-10H,2,17H2,1H3. The van der Waals surface area contributed by atoms with Gasteiger partial charge in [-0.2, -0.15) is 0 Å². The van der Waals surface area contributed by atoms with Crippen LogP contribution in [0.1, 0.15) is 6.92 Å². The van der Waals surface area contributed by atoms with Crippen molar-refractivity contribution in [2.75, 3.05) is 12.3 Å². The van der Waals surface area contributed by atoms with E-state index in [0.29, 0.717) is 18.0 Å². The first-order valence-corrected chi connectivity index (χ1v) is 7.54. The molecule has 5 heteroatoms. The van der Waals surface area contributed by atoms with Crippen LogP contribution in [0.25, 0.3) is 21.8 Å². The molecule has 4 nitrogen and oxygen atoms in total. The van der Waals surface area contributed by atoms with Gasteiger partial charge in [0.25, 0.3) is 0 Å². The van der Waals surface area contributed by atoms with Crippen LogP contribution in [-0.2, 0) is 0 Å². The fourth-order valence-corrected chi connectivity index (χ4v) is 2.86. The Labute approximate surface area is 127 Å². The van der Waals surface area contributed by atoms with Gasteiger partial charge in [-0.25, -0.2) is 4.98 Å². The van der Waals surface area contributed by atoms with E-state index in [1.54, 1.807) is 23.7 Å². The first-order chi connectivity index (χ1) is 10.3. The summed E-state index contributed by atoms with van der Waals surface area (Å²) in [6.45, 7) is 2.54. The number of benzene rings is 1. The Morgan fingerprint density at radius 1 is 1.14 bits per heavy atom. The summed E-state index contributed by atoms with van der Waals surface area (Å²) in [4.78, 5) is 8.68. The number of anilines is 1. The first-order valence-electron chi connectivity index (χ1n) is 6.66. The number of thiazole rings is 1. The highest BCUT2D eigenvalue weighted by Crippen LogP contribution is 2.32. The van der Waals surface area contributed by atoms with Crippen molar-refractivity contribution in [2.45, 2.75) is 6.92 Å². The Balaban J connectivity index is 1.91. The number of pyridine rings is 1. The van der Waals surface area contributed by atoms with Crippen LogP contribution in [-0.4, -0.2) is 16.6 Å². The molecule has 0 saturated carbocycles. The molecule has 1 aromatic carbocycles. The molecule has 0 atom stereocenters. The van der Waals surface area contributed by atoms with Gasteiger partial charge in [0.2, 0.25) is 0 Å². The van der Waals surface area contributed by atoms with Crippen LogP contribution in [0, 0.1) is 0 Å². The lowest BCUT2D eigenvalue weighted by Gasteiger charge is -2.07. The normalized spacial score (nSPS) is 10.5. The average molecular weight is 297 g/mol. The summed E-state index contributed by atoms with van der Waals surface area (Å²) in [5.41, 5.74) is 9.62. The smallest absolute Gasteiger partial charge is 0.142 e. The molecule has 0 bridgehead atoms. The number of hydrogen-bond acceptors (Lipinski definition) is 5. The van der Waals surface area contributed by atoms with Gasteiger partial charge in [0, 0.05) is 28.9 Å². The largest absolute Gasteiger partial charge is 0.492 e. The van der Waals surface area contributed by atoms with Crippen LogP contribution in [0.4, 0.5) is 5.69 Å². The summed E-state index contributed by atoms with van der Waals surface area (Å²) in [5, 5.41) is 3.00. The average Bonchev–Trinajstić information content (AvgIpc) is 3.00. The highest BCUT2D eigenvalue weighted by atomic mass is 32.1. The minimum absolute atomic E-state index is 0.604. The van der Waals surface area contributed by atoms with Gasteiger partial charge >= 0.3 is 0 Å². The minimum atomic E-state index is 0.604. The van der Waals surface area contributed by atoms with E-state index in [1.807, 2.05) is 42.6 Å². The highest BCUT2D eigenvalue weighted by Gasteiger charge is 2.08. The highest BCUT2D eigenvalue weighted by molar-refractivity contribution is 7.13. The number of nitrogen functional groups attached to an aromatic ring is 1. The van der Waals surface area contributed by atoms with Crippen LogP contribution in [0.2, 0.25) is 0 Å². The van der Waals surface area contributed by atoms with Crippen LogP contribution in [0.5, 0.6) is 5.75 Å². The van der Waals surface area contributed by atoms with E-state index in [0.717, 1.165) is 21.8 Å². The summed E-state index contributed by atoms with van der Waals surface area (Å²) in [7, 11) is 0. The van der Waals surface area contributed by atoms with E-state index >= 15 is 0 Å². The predicted molar refractivity (Wildman–Crippen MR) is 86.4 cm³/mol. The molecular formula is C16H15N3OS. The van der Waals surface area contributed by atoms with Gasteiger partial charge in [-0.3, -0.25) is 4.98 Å². The van der Waals surface area contributed by atoms with Crippen molar-refractivity contribution in [3.8, 4) is 27.6 Å². The molecule has 0 amide bonds. The maximum Gasteiger partial charge on any atom is 0.142 e. The second-order valence-corrected chi connectivity index (χ2v) is 5.32. The topological polar surface area (TPSA) is 61.0 Å². The molecule has 0 fully saturated rings. The molecule has 3 rings (SSSR count). The number of hydrogen-bond donors (Lipinski definition) is 1. The van der Waals surface area contributed by atoms with E-state index in [-0.39, 0.29) is 0 Å². The Kier molecular flexibility index (Phi) is 3.83. The zero-order valence-corrected chi connectivity index (χ0v) is 12.4. The second-order valence-electron chi connectivity index (χ2n) is 4.46. The van der Waals surface area contributed by atoms with Gasteiger partial charge in [-0.15, -0.1) is 11.3 Å². The molecule has 0 saturated heterocycles. The lowest BCUT2D eigenvalue weighted by Crippen LogP contribution is -1.96. The Bertz CT molecular complexity index is 740.